The zero-order valence-electron chi connectivity index (χ0n) is 13.0. The number of anilines is 2. The van der Waals surface area contributed by atoms with Gasteiger partial charge in [-0.05, 0) is 42.4 Å². The molecule has 0 aliphatic rings. The predicted molar refractivity (Wildman–Crippen MR) is 95.0 cm³/mol. The van der Waals surface area contributed by atoms with Crippen LogP contribution >= 0.6 is 12.2 Å². The molecule has 4 nitrogen and oxygen atoms in total. The van der Waals surface area contributed by atoms with Crippen LogP contribution in [0.15, 0.2) is 42.5 Å². The summed E-state index contributed by atoms with van der Waals surface area (Å²) in [5.74, 6) is -2.41. The summed E-state index contributed by atoms with van der Waals surface area (Å²) in [7, 11) is 0. The first-order chi connectivity index (χ1) is 11.5. The number of aryl methyl sites for hydroxylation is 1. The molecule has 0 aliphatic heterocycles. The Labute approximate surface area is 144 Å². The molecule has 0 radical (unpaired) electrons. The third-order valence-electron chi connectivity index (χ3n) is 3.26. The van der Waals surface area contributed by atoms with E-state index in [1.807, 2.05) is 31.2 Å². The van der Waals surface area contributed by atoms with E-state index in [9.17, 15) is 13.6 Å². The number of carbonyl (C=O) groups excluding carboxylic acids is 1. The van der Waals surface area contributed by atoms with Gasteiger partial charge in [0, 0.05) is 17.4 Å². The minimum absolute atomic E-state index is 0.0981. The zero-order valence-corrected chi connectivity index (χ0v) is 13.8. The molecule has 0 aromatic heterocycles. The molecule has 2 rings (SSSR count). The van der Waals surface area contributed by atoms with Crippen molar-refractivity contribution in [3.8, 4) is 0 Å². The molecule has 0 fully saturated rings. The molecule has 0 saturated carbocycles. The van der Waals surface area contributed by atoms with Crippen molar-refractivity contribution in [3.05, 3.63) is 59.7 Å². The lowest BCUT2D eigenvalue weighted by atomic mass is 10.1. The van der Waals surface area contributed by atoms with E-state index in [4.69, 9.17) is 12.2 Å². The maximum Gasteiger partial charge on any atom is 0.243 e. The normalized spacial score (nSPS) is 10.1. The van der Waals surface area contributed by atoms with Gasteiger partial charge >= 0.3 is 0 Å². The van der Waals surface area contributed by atoms with E-state index in [1.165, 1.54) is 6.07 Å². The third-order valence-corrected chi connectivity index (χ3v) is 3.51. The molecule has 24 heavy (non-hydrogen) atoms. The van der Waals surface area contributed by atoms with Crippen molar-refractivity contribution in [2.45, 2.75) is 13.3 Å². The molecule has 2 aromatic rings. The van der Waals surface area contributed by atoms with Gasteiger partial charge in [0.05, 0.1) is 6.54 Å². The van der Waals surface area contributed by atoms with Gasteiger partial charge in [-0.3, -0.25) is 4.79 Å². The topological polar surface area (TPSA) is 53.2 Å². The first-order valence-corrected chi connectivity index (χ1v) is 7.78. The monoisotopic (exact) mass is 349 g/mol. The van der Waals surface area contributed by atoms with Crippen LogP contribution in [0.4, 0.5) is 20.2 Å². The molecule has 0 unspecified atom stereocenters. The van der Waals surface area contributed by atoms with Crippen LogP contribution in [0.1, 0.15) is 12.5 Å². The summed E-state index contributed by atoms with van der Waals surface area (Å²) in [6.07, 6.45) is 0.850. The summed E-state index contributed by atoms with van der Waals surface area (Å²) in [5.41, 5.74) is 2.15. The smallest absolute Gasteiger partial charge is 0.243 e. The van der Waals surface area contributed by atoms with Crippen molar-refractivity contribution in [2.75, 3.05) is 17.2 Å². The lowest BCUT2D eigenvalue weighted by Crippen LogP contribution is -2.35. The number of hydrogen-bond acceptors (Lipinski definition) is 2. The molecule has 0 atom stereocenters. The molecule has 126 valence electrons. The minimum Gasteiger partial charge on any atom is -0.353 e. The Morgan fingerprint density at radius 3 is 2.54 bits per heavy atom. The molecular formula is C17H17F2N3OS. The molecule has 1 amide bonds. The van der Waals surface area contributed by atoms with Crippen molar-refractivity contribution in [1.82, 2.24) is 5.32 Å². The maximum absolute atomic E-state index is 13.1. The number of thiocarbonyl (C=S) groups is 1. The fourth-order valence-electron chi connectivity index (χ4n) is 2.06. The summed E-state index contributed by atoms with van der Waals surface area (Å²) in [5, 5.41) is 8.56. The first kappa shape index (κ1) is 17.8. The SMILES string of the molecule is CCc1ccccc1NC(=S)NCC(=O)Nc1ccc(F)c(F)c1. The van der Waals surface area contributed by atoms with Gasteiger partial charge < -0.3 is 16.0 Å². The second-order valence-electron chi connectivity index (χ2n) is 5.00. The highest BCUT2D eigenvalue weighted by atomic mass is 32.1. The molecule has 7 heteroatoms. The average Bonchev–Trinajstić information content (AvgIpc) is 2.57. The number of benzene rings is 2. The van der Waals surface area contributed by atoms with E-state index < -0.39 is 17.5 Å². The Bertz CT molecular complexity index is 752. The fraction of sp³-hybridized carbons (Fsp3) is 0.176. The van der Waals surface area contributed by atoms with Crippen LogP contribution < -0.4 is 16.0 Å². The maximum atomic E-state index is 13.1. The van der Waals surface area contributed by atoms with Gasteiger partial charge in [-0.15, -0.1) is 0 Å². The molecular weight excluding hydrogens is 332 g/mol. The summed E-state index contributed by atoms with van der Waals surface area (Å²) < 4.78 is 25.9. The van der Waals surface area contributed by atoms with Gasteiger partial charge in [0.1, 0.15) is 0 Å². The predicted octanol–water partition coefficient (Wildman–Crippen LogP) is 3.45. The quantitative estimate of drug-likeness (QED) is 0.724. The van der Waals surface area contributed by atoms with Crippen LogP contribution in [0, 0.1) is 11.6 Å². The van der Waals surface area contributed by atoms with E-state index in [1.54, 1.807) is 0 Å². The van der Waals surface area contributed by atoms with Gasteiger partial charge in [0.25, 0.3) is 0 Å². The highest BCUT2D eigenvalue weighted by molar-refractivity contribution is 7.80. The van der Waals surface area contributed by atoms with Crippen molar-refractivity contribution >= 4 is 34.6 Å². The Balaban J connectivity index is 1.84. The lowest BCUT2D eigenvalue weighted by Gasteiger charge is -2.13. The van der Waals surface area contributed by atoms with Crippen LogP contribution in [0.25, 0.3) is 0 Å². The summed E-state index contributed by atoms with van der Waals surface area (Å²) in [6, 6.07) is 10.9. The van der Waals surface area contributed by atoms with Crippen LogP contribution in [0.5, 0.6) is 0 Å². The van der Waals surface area contributed by atoms with Crippen molar-refractivity contribution in [1.29, 1.82) is 0 Å². The van der Waals surface area contributed by atoms with Gasteiger partial charge in [0.2, 0.25) is 5.91 Å². The Morgan fingerprint density at radius 2 is 1.83 bits per heavy atom. The fourth-order valence-corrected chi connectivity index (χ4v) is 2.24. The van der Waals surface area contributed by atoms with Gasteiger partial charge in [0.15, 0.2) is 16.7 Å². The number of hydrogen-bond donors (Lipinski definition) is 3. The Hall–Kier alpha value is -2.54. The van der Waals surface area contributed by atoms with Crippen molar-refractivity contribution in [2.24, 2.45) is 0 Å². The molecule has 3 N–H and O–H groups in total. The molecule has 2 aromatic carbocycles. The summed E-state index contributed by atoms with van der Waals surface area (Å²) in [4.78, 5) is 11.8. The van der Waals surface area contributed by atoms with Crippen LogP contribution in [0.3, 0.4) is 0 Å². The standard InChI is InChI=1S/C17H17F2N3OS/c1-2-11-5-3-4-6-15(11)22-17(24)20-10-16(23)21-12-7-8-13(18)14(19)9-12/h3-9H,2,10H2,1H3,(H,21,23)(H2,20,22,24). The van der Waals surface area contributed by atoms with E-state index in [0.29, 0.717) is 5.11 Å². The van der Waals surface area contributed by atoms with E-state index in [2.05, 4.69) is 16.0 Å². The number of para-hydroxylation sites is 1. The Kier molecular flexibility index (Phi) is 6.20. The van der Waals surface area contributed by atoms with Crippen LogP contribution in [-0.2, 0) is 11.2 Å². The first-order valence-electron chi connectivity index (χ1n) is 7.37. The van der Waals surface area contributed by atoms with Crippen molar-refractivity contribution < 1.29 is 13.6 Å². The van der Waals surface area contributed by atoms with E-state index in [-0.39, 0.29) is 12.2 Å². The summed E-state index contributed by atoms with van der Waals surface area (Å²) in [6.45, 7) is 1.94. The second kappa shape index (κ2) is 8.35. The van der Waals surface area contributed by atoms with Crippen molar-refractivity contribution in [3.63, 3.8) is 0 Å². The largest absolute Gasteiger partial charge is 0.353 e. The van der Waals surface area contributed by atoms with Crippen LogP contribution in [-0.4, -0.2) is 17.6 Å². The minimum atomic E-state index is -1.02. The van der Waals surface area contributed by atoms with Gasteiger partial charge in [-0.25, -0.2) is 8.78 Å². The molecule has 0 spiro atoms. The van der Waals surface area contributed by atoms with Crippen LogP contribution in [0.2, 0.25) is 0 Å². The lowest BCUT2D eigenvalue weighted by molar-refractivity contribution is -0.115. The number of carbonyl (C=O) groups is 1. The Morgan fingerprint density at radius 1 is 1.08 bits per heavy atom. The number of halogens is 2. The highest BCUT2D eigenvalue weighted by Gasteiger charge is 2.07. The molecule has 0 bridgehead atoms. The molecule has 0 saturated heterocycles. The number of rotatable bonds is 5. The number of amides is 1. The van der Waals surface area contributed by atoms with E-state index >= 15 is 0 Å². The summed E-state index contributed by atoms with van der Waals surface area (Å²) >= 11 is 5.15. The molecule has 0 aliphatic carbocycles. The van der Waals surface area contributed by atoms with E-state index in [0.717, 1.165) is 29.8 Å². The second-order valence-corrected chi connectivity index (χ2v) is 5.40. The molecule has 0 heterocycles. The van der Waals surface area contributed by atoms with Gasteiger partial charge in [-0.1, -0.05) is 25.1 Å². The third kappa shape index (κ3) is 4.99. The average molecular weight is 349 g/mol. The number of nitrogens with one attached hydrogen (secondary N) is 3. The zero-order chi connectivity index (χ0) is 17.5. The highest BCUT2D eigenvalue weighted by Crippen LogP contribution is 2.15. The van der Waals surface area contributed by atoms with Gasteiger partial charge in [-0.2, -0.15) is 0 Å².